The molecule has 0 heterocycles. The maximum absolute atomic E-state index is 12.9. The first kappa shape index (κ1) is 23.0. The average Bonchev–Trinajstić information content (AvgIpc) is 2.66. The Kier molecular flexibility index (Phi) is 7.92. The van der Waals surface area contributed by atoms with E-state index in [4.69, 9.17) is 14.2 Å². The molecule has 8 heteroatoms. The Morgan fingerprint density at radius 2 is 1.79 bits per heavy atom. The van der Waals surface area contributed by atoms with Crippen LogP contribution in [0.2, 0.25) is 0 Å². The number of methoxy groups -OCH3 is 1. The summed E-state index contributed by atoms with van der Waals surface area (Å²) in [4.78, 5) is 11.7. The first-order chi connectivity index (χ1) is 13.7. The molecule has 0 bridgehead atoms. The van der Waals surface area contributed by atoms with Gasteiger partial charge in [0.2, 0.25) is 10.0 Å². The largest absolute Gasteiger partial charge is 0.467 e. The SMILES string of the molecule is COCCOCOc1ccc(-c2ccccc2S(=O)(=O)NC(C)(C)C)cc1C=O. The van der Waals surface area contributed by atoms with Gasteiger partial charge >= 0.3 is 0 Å². The maximum Gasteiger partial charge on any atom is 0.241 e. The average molecular weight is 422 g/mol. The molecule has 0 aliphatic rings. The molecule has 0 atom stereocenters. The number of benzene rings is 2. The highest BCUT2D eigenvalue weighted by atomic mass is 32.2. The molecule has 2 aromatic carbocycles. The fraction of sp³-hybridized carbons (Fsp3) is 0.381. The smallest absolute Gasteiger partial charge is 0.241 e. The lowest BCUT2D eigenvalue weighted by Crippen LogP contribution is -2.40. The van der Waals surface area contributed by atoms with Gasteiger partial charge in [-0.3, -0.25) is 4.79 Å². The molecule has 0 spiro atoms. The van der Waals surface area contributed by atoms with Gasteiger partial charge in [0.05, 0.1) is 23.7 Å². The van der Waals surface area contributed by atoms with E-state index in [0.29, 0.717) is 41.9 Å². The van der Waals surface area contributed by atoms with Crippen LogP contribution in [0.4, 0.5) is 0 Å². The van der Waals surface area contributed by atoms with E-state index in [1.165, 1.54) is 6.07 Å². The van der Waals surface area contributed by atoms with E-state index in [1.807, 2.05) is 0 Å². The lowest BCUT2D eigenvalue weighted by Gasteiger charge is -2.21. The van der Waals surface area contributed by atoms with Crippen molar-refractivity contribution in [2.45, 2.75) is 31.2 Å². The van der Waals surface area contributed by atoms with Crippen LogP contribution in [0.5, 0.6) is 5.75 Å². The van der Waals surface area contributed by atoms with Crippen LogP contribution >= 0.6 is 0 Å². The molecule has 7 nitrogen and oxygen atoms in total. The van der Waals surface area contributed by atoms with Gasteiger partial charge in [-0.25, -0.2) is 13.1 Å². The zero-order valence-corrected chi connectivity index (χ0v) is 17.9. The van der Waals surface area contributed by atoms with Gasteiger partial charge in [0.15, 0.2) is 13.1 Å². The van der Waals surface area contributed by atoms with Crippen molar-refractivity contribution in [2.24, 2.45) is 0 Å². The minimum absolute atomic E-state index is 0.0238. The topological polar surface area (TPSA) is 90.9 Å². The van der Waals surface area contributed by atoms with Crippen LogP contribution in [-0.4, -0.2) is 47.4 Å². The molecule has 0 saturated heterocycles. The minimum atomic E-state index is -3.75. The van der Waals surface area contributed by atoms with E-state index >= 15 is 0 Å². The van der Waals surface area contributed by atoms with E-state index in [0.717, 1.165) is 0 Å². The van der Waals surface area contributed by atoms with E-state index in [1.54, 1.807) is 64.3 Å². The van der Waals surface area contributed by atoms with Crippen LogP contribution in [0.3, 0.4) is 0 Å². The first-order valence-corrected chi connectivity index (χ1v) is 10.6. The number of aldehydes is 1. The van der Waals surface area contributed by atoms with Crippen molar-refractivity contribution < 1.29 is 27.4 Å². The molecule has 0 unspecified atom stereocenters. The molecule has 0 fully saturated rings. The zero-order valence-electron chi connectivity index (χ0n) is 17.1. The van der Waals surface area contributed by atoms with Crippen molar-refractivity contribution in [1.82, 2.24) is 4.72 Å². The van der Waals surface area contributed by atoms with Gasteiger partial charge in [0, 0.05) is 18.2 Å². The quantitative estimate of drug-likeness (QED) is 0.360. The van der Waals surface area contributed by atoms with E-state index < -0.39 is 15.6 Å². The molecule has 1 N–H and O–H groups in total. The van der Waals surface area contributed by atoms with Crippen molar-refractivity contribution in [3.05, 3.63) is 48.0 Å². The number of rotatable bonds is 10. The lowest BCUT2D eigenvalue weighted by atomic mass is 10.0. The number of carbonyl (C=O) groups is 1. The highest BCUT2D eigenvalue weighted by molar-refractivity contribution is 7.89. The third kappa shape index (κ3) is 6.64. The third-order valence-electron chi connectivity index (χ3n) is 3.79. The van der Waals surface area contributed by atoms with Gasteiger partial charge in [0.25, 0.3) is 0 Å². The summed E-state index contributed by atoms with van der Waals surface area (Å²) in [6.45, 7) is 6.12. The minimum Gasteiger partial charge on any atom is -0.467 e. The molecular formula is C21H27NO6S. The molecule has 0 aromatic heterocycles. The third-order valence-corrected chi connectivity index (χ3v) is 5.61. The fourth-order valence-electron chi connectivity index (χ4n) is 2.64. The Hall–Kier alpha value is -2.26. The molecule has 0 amide bonds. The van der Waals surface area contributed by atoms with E-state index in [2.05, 4.69) is 4.72 Å². The fourth-order valence-corrected chi connectivity index (χ4v) is 4.29. The Morgan fingerprint density at radius 1 is 1.07 bits per heavy atom. The lowest BCUT2D eigenvalue weighted by molar-refractivity contribution is -0.00866. The summed E-state index contributed by atoms with van der Waals surface area (Å²) in [6.07, 6.45) is 0.665. The number of hydrogen-bond donors (Lipinski definition) is 1. The second-order valence-electron chi connectivity index (χ2n) is 7.39. The number of sulfonamides is 1. The Labute approximate surface area is 172 Å². The highest BCUT2D eigenvalue weighted by Gasteiger charge is 2.25. The summed E-state index contributed by atoms with van der Waals surface area (Å²) in [7, 11) is -2.18. The molecule has 158 valence electrons. The second kappa shape index (κ2) is 9.98. The van der Waals surface area contributed by atoms with Crippen molar-refractivity contribution >= 4 is 16.3 Å². The Bertz CT molecular complexity index is 934. The number of nitrogens with one attached hydrogen (secondary N) is 1. The molecular weight excluding hydrogens is 394 g/mol. The van der Waals surface area contributed by atoms with Gasteiger partial charge in [-0.15, -0.1) is 0 Å². The predicted octanol–water partition coefficient (Wildman–Crippen LogP) is 3.24. The van der Waals surface area contributed by atoms with Crippen molar-refractivity contribution in [2.75, 3.05) is 27.1 Å². The molecule has 0 aliphatic heterocycles. The van der Waals surface area contributed by atoms with Crippen LogP contribution in [0.15, 0.2) is 47.4 Å². The van der Waals surface area contributed by atoms with Crippen LogP contribution in [-0.2, 0) is 19.5 Å². The molecule has 0 radical (unpaired) electrons. The predicted molar refractivity (Wildman–Crippen MR) is 111 cm³/mol. The standard InChI is InChI=1S/C21H27NO6S/c1-21(2,3)22-29(24,25)20-8-6-5-7-18(20)16-9-10-19(17(13-16)14-23)28-15-27-12-11-26-4/h5-10,13-14,22H,11-12,15H2,1-4H3. The van der Waals surface area contributed by atoms with Gasteiger partial charge in [0.1, 0.15) is 5.75 Å². The summed E-state index contributed by atoms with van der Waals surface area (Å²) in [5.74, 6) is 0.356. The van der Waals surface area contributed by atoms with Crippen molar-refractivity contribution in [3.63, 3.8) is 0 Å². The van der Waals surface area contributed by atoms with E-state index in [-0.39, 0.29) is 11.7 Å². The Morgan fingerprint density at radius 3 is 2.45 bits per heavy atom. The monoisotopic (exact) mass is 421 g/mol. The van der Waals surface area contributed by atoms with Crippen molar-refractivity contribution in [1.29, 1.82) is 0 Å². The zero-order chi connectivity index (χ0) is 21.5. The van der Waals surface area contributed by atoms with Gasteiger partial charge in [-0.1, -0.05) is 24.3 Å². The van der Waals surface area contributed by atoms with Gasteiger partial charge in [-0.05, 0) is 44.5 Å². The van der Waals surface area contributed by atoms with Crippen molar-refractivity contribution in [3.8, 4) is 16.9 Å². The van der Waals surface area contributed by atoms with Gasteiger partial charge < -0.3 is 14.2 Å². The normalized spacial score (nSPS) is 12.0. The van der Waals surface area contributed by atoms with Crippen LogP contribution in [0.25, 0.3) is 11.1 Å². The molecule has 29 heavy (non-hydrogen) atoms. The molecule has 2 rings (SSSR count). The van der Waals surface area contributed by atoms with E-state index in [9.17, 15) is 13.2 Å². The summed E-state index contributed by atoms with van der Waals surface area (Å²) < 4.78 is 44.0. The summed E-state index contributed by atoms with van der Waals surface area (Å²) in [5.41, 5.74) is 0.763. The number of hydrogen-bond acceptors (Lipinski definition) is 6. The second-order valence-corrected chi connectivity index (χ2v) is 9.04. The van der Waals surface area contributed by atoms with Crippen LogP contribution in [0, 0.1) is 0 Å². The molecule has 0 aliphatic carbocycles. The highest BCUT2D eigenvalue weighted by Crippen LogP contribution is 2.31. The molecule has 0 saturated carbocycles. The van der Waals surface area contributed by atoms with Crippen LogP contribution < -0.4 is 9.46 Å². The maximum atomic E-state index is 12.9. The Balaban J connectivity index is 2.33. The van der Waals surface area contributed by atoms with Gasteiger partial charge in [-0.2, -0.15) is 0 Å². The number of carbonyl (C=O) groups excluding carboxylic acids is 1. The summed E-state index contributed by atoms with van der Waals surface area (Å²) in [5, 5.41) is 0. The van der Waals surface area contributed by atoms with Crippen LogP contribution in [0.1, 0.15) is 31.1 Å². The number of ether oxygens (including phenoxy) is 3. The molecule has 2 aromatic rings. The summed E-state index contributed by atoms with van der Waals surface area (Å²) in [6, 6.07) is 11.6. The summed E-state index contributed by atoms with van der Waals surface area (Å²) >= 11 is 0. The first-order valence-electron chi connectivity index (χ1n) is 9.10.